The molecule has 0 aliphatic heterocycles. The predicted molar refractivity (Wildman–Crippen MR) is 101 cm³/mol. The van der Waals surface area contributed by atoms with E-state index in [0.717, 1.165) is 16.9 Å². The Labute approximate surface area is 153 Å². The zero-order valence-electron chi connectivity index (χ0n) is 15.2. The molecule has 0 fully saturated rings. The number of imidazole rings is 1. The van der Waals surface area contributed by atoms with Crippen LogP contribution in [-0.4, -0.2) is 21.8 Å². The van der Waals surface area contributed by atoms with Crippen molar-refractivity contribution in [3.63, 3.8) is 0 Å². The number of amides is 1. The fourth-order valence-electron chi connectivity index (χ4n) is 3.22. The van der Waals surface area contributed by atoms with Crippen LogP contribution in [0, 0.1) is 11.7 Å². The second kappa shape index (κ2) is 8.13. The van der Waals surface area contributed by atoms with Gasteiger partial charge in [0.1, 0.15) is 11.6 Å². The van der Waals surface area contributed by atoms with Crippen molar-refractivity contribution in [1.82, 2.24) is 14.7 Å². The molecule has 2 heterocycles. The summed E-state index contributed by atoms with van der Waals surface area (Å²) in [6.45, 7) is 4.71. The van der Waals surface area contributed by atoms with E-state index in [-0.39, 0.29) is 17.6 Å². The zero-order chi connectivity index (χ0) is 18.5. The number of pyridine rings is 1. The maximum atomic E-state index is 13.1. The molecule has 0 aliphatic rings. The van der Waals surface area contributed by atoms with E-state index in [1.807, 2.05) is 35.0 Å². The summed E-state index contributed by atoms with van der Waals surface area (Å²) < 4.78 is 15.2. The van der Waals surface area contributed by atoms with Gasteiger partial charge in [0, 0.05) is 25.6 Å². The molecule has 3 aromatic rings. The molecule has 136 valence electrons. The first-order valence-corrected chi connectivity index (χ1v) is 8.97. The molecule has 0 bridgehead atoms. The van der Waals surface area contributed by atoms with Crippen LogP contribution >= 0.6 is 0 Å². The number of carbonyl (C=O) groups excluding carboxylic acids is 1. The van der Waals surface area contributed by atoms with Crippen LogP contribution < -0.4 is 5.32 Å². The van der Waals surface area contributed by atoms with Crippen molar-refractivity contribution >= 4 is 11.4 Å². The molecule has 0 saturated heterocycles. The number of halogens is 1. The van der Waals surface area contributed by atoms with E-state index in [1.54, 1.807) is 12.1 Å². The van der Waals surface area contributed by atoms with Crippen LogP contribution in [0.3, 0.4) is 0 Å². The second-order valence-electron chi connectivity index (χ2n) is 6.88. The first-order chi connectivity index (χ1) is 12.5. The lowest BCUT2D eigenvalue weighted by Crippen LogP contribution is -2.28. The number of rotatable bonds is 7. The van der Waals surface area contributed by atoms with Gasteiger partial charge in [-0.25, -0.2) is 9.37 Å². The van der Waals surface area contributed by atoms with Crippen LogP contribution in [0.1, 0.15) is 37.6 Å². The summed E-state index contributed by atoms with van der Waals surface area (Å²) in [4.78, 5) is 16.8. The molecule has 0 aliphatic carbocycles. The number of fused-ring (bicyclic) bond motifs is 1. The lowest BCUT2D eigenvalue weighted by atomic mass is 9.85. The molecule has 0 spiro atoms. The summed E-state index contributed by atoms with van der Waals surface area (Å²) in [5.74, 6) is 1.05. The van der Waals surface area contributed by atoms with Crippen molar-refractivity contribution in [1.29, 1.82) is 0 Å². The topological polar surface area (TPSA) is 46.4 Å². The lowest BCUT2D eigenvalue weighted by molar-refractivity contribution is -0.121. The number of nitrogens with zero attached hydrogens (tertiary/aromatic N) is 2. The predicted octanol–water partition coefficient (Wildman–Crippen LogP) is 3.96. The molecule has 2 aromatic heterocycles. The third-order valence-corrected chi connectivity index (χ3v) is 4.69. The van der Waals surface area contributed by atoms with Gasteiger partial charge in [-0.3, -0.25) is 4.79 Å². The molecule has 4 nitrogen and oxygen atoms in total. The third-order valence-electron chi connectivity index (χ3n) is 4.69. The Bertz CT molecular complexity index is 870. The molecule has 1 aromatic carbocycles. The molecule has 0 saturated carbocycles. The first kappa shape index (κ1) is 18.1. The summed E-state index contributed by atoms with van der Waals surface area (Å²) in [7, 11) is 0. The van der Waals surface area contributed by atoms with Gasteiger partial charge in [0.15, 0.2) is 0 Å². The van der Waals surface area contributed by atoms with Crippen LogP contribution in [0.4, 0.5) is 4.39 Å². The van der Waals surface area contributed by atoms with Crippen LogP contribution in [-0.2, 0) is 11.2 Å². The van der Waals surface area contributed by atoms with Gasteiger partial charge in [-0.2, -0.15) is 0 Å². The van der Waals surface area contributed by atoms with E-state index >= 15 is 0 Å². The number of benzene rings is 1. The Morgan fingerprint density at radius 3 is 2.69 bits per heavy atom. The molecule has 5 heteroatoms. The standard InChI is InChI=1S/C21H24FN3O/c1-15(2)19(16-6-8-17(22)9-7-16)13-21(26)23-11-10-20-24-14-18-5-3-4-12-25(18)20/h3-9,12,14-15,19H,10-11,13H2,1-2H3,(H,23,26). The van der Waals surface area contributed by atoms with Gasteiger partial charge in [-0.05, 0) is 41.7 Å². The Balaban J connectivity index is 1.56. The highest BCUT2D eigenvalue weighted by molar-refractivity contribution is 5.76. The average molecular weight is 353 g/mol. The molecule has 1 unspecified atom stereocenters. The first-order valence-electron chi connectivity index (χ1n) is 8.97. The molecule has 26 heavy (non-hydrogen) atoms. The van der Waals surface area contributed by atoms with Crippen molar-refractivity contribution in [3.8, 4) is 0 Å². The quantitative estimate of drug-likeness (QED) is 0.699. The minimum Gasteiger partial charge on any atom is -0.356 e. The molecule has 1 atom stereocenters. The largest absolute Gasteiger partial charge is 0.356 e. The molecular weight excluding hydrogens is 329 g/mol. The van der Waals surface area contributed by atoms with Crippen LogP contribution in [0.15, 0.2) is 54.9 Å². The number of carbonyl (C=O) groups is 1. The molecule has 1 amide bonds. The smallest absolute Gasteiger partial charge is 0.220 e. The number of nitrogens with one attached hydrogen (secondary N) is 1. The highest BCUT2D eigenvalue weighted by Gasteiger charge is 2.19. The Morgan fingerprint density at radius 1 is 1.19 bits per heavy atom. The van der Waals surface area contributed by atoms with Gasteiger partial charge in [-0.1, -0.05) is 32.0 Å². The monoisotopic (exact) mass is 353 g/mol. The molecular formula is C21H24FN3O. The fourth-order valence-corrected chi connectivity index (χ4v) is 3.22. The van der Waals surface area contributed by atoms with E-state index in [9.17, 15) is 9.18 Å². The highest BCUT2D eigenvalue weighted by Crippen LogP contribution is 2.28. The summed E-state index contributed by atoms with van der Waals surface area (Å²) in [6.07, 6.45) is 4.88. The third kappa shape index (κ3) is 4.28. The maximum Gasteiger partial charge on any atom is 0.220 e. The van der Waals surface area contributed by atoms with E-state index in [1.165, 1.54) is 12.1 Å². The van der Waals surface area contributed by atoms with E-state index in [0.29, 0.717) is 25.3 Å². The maximum absolute atomic E-state index is 13.1. The minimum absolute atomic E-state index is 0.00823. The van der Waals surface area contributed by atoms with Crippen LogP contribution in [0.2, 0.25) is 0 Å². The van der Waals surface area contributed by atoms with Crippen LogP contribution in [0.25, 0.3) is 5.52 Å². The summed E-state index contributed by atoms with van der Waals surface area (Å²) >= 11 is 0. The lowest BCUT2D eigenvalue weighted by Gasteiger charge is -2.21. The van der Waals surface area contributed by atoms with Gasteiger partial charge >= 0.3 is 0 Å². The Morgan fingerprint density at radius 2 is 1.96 bits per heavy atom. The van der Waals surface area contributed by atoms with Gasteiger partial charge < -0.3 is 9.72 Å². The molecule has 1 N–H and O–H groups in total. The highest BCUT2D eigenvalue weighted by atomic mass is 19.1. The molecule has 3 rings (SSSR count). The Hall–Kier alpha value is -2.69. The molecule has 0 radical (unpaired) electrons. The average Bonchev–Trinajstić information content (AvgIpc) is 3.04. The van der Waals surface area contributed by atoms with Crippen molar-refractivity contribution in [2.45, 2.75) is 32.6 Å². The number of aromatic nitrogens is 2. The van der Waals surface area contributed by atoms with E-state index in [2.05, 4.69) is 24.1 Å². The summed E-state index contributed by atoms with van der Waals surface area (Å²) in [6, 6.07) is 12.4. The van der Waals surface area contributed by atoms with Crippen LogP contribution in [0.5, 0.6) is 0 Å². The Kier molecular flexibility index (Phi) is 5.66. The fraction of sp³-hybridized carbons (Fsp3) is 0.333. The van der Waals surface area contributed by atoms with E-state index < -0.39 is 0 Å². The summed E-state index contributed by atoms with van der Waals surface area (Å²) in [5, 5.41) is 2.99. The van der Waals surface area contributed by atoms with Crippen molar-refractivity contribution < 1.29 is 9.18 Å². The minimum atomic E-state index is -0.257. The van der Waals surface area contributed by atoms with Gasteiger partial charge in [0.05, 0.1) is 11.7 Å². The van der Waals surface area contributed by atoms with E-state index in [4.69, 9.17) is 0 Å². The summed E-state index contributed by atoms with van der Waals surface area (Å²) in [5.41, 5.74) is 2.04. The number of hydrogen-bond donors (Lipinski definition) is 1. The van der Waals surface area contributed by atoms with Gasteiger partial charge in [0.25, 0.3) is 0 Å². The number of hydrogen-bond acceptors (Lipinski definition) is 2. The second-order valence-corrected chi connectivity index (χ2v) is 6.88. The van der Waals surface area contributed by atoms with Crippen molar-refractivity contribution in [2.75, 3.05) is 6.54 Å². The van der Waals surface area contributed by atoms with Gasteiger partial charge in [0.2, 0.25) is 5.91 Å². The van der Waals surface area contributed by atoms with Crippen molar-refractivity contribution in [2.24, 2.45) is 5.92 Å². The van der Waals surface area contributed by atoms with Gasteiger partial charge in [-0.15, -0.1) is 0 Å². The normalized spacial score (nSPS) is 12.5. The van der Waals surface area contributed by atoms with Crippen molar-refractivity contribution in [3.05, 3.63) is 72.1 Å². The zero-order valence-corrected chi connectivity index (χ0v) is 15.2. The SMILES string of the molecule is CC(C)C(CC(=O)NCCc1ncc2ccccn12)c1ccc(F)cc1.